The molecule has 5 heteroatoms. The number of phenolic OH excluding ortho intramolecular Hbond substituents is 1. The van der Waals surface area contributed by atoms with E-state index in [2.05, 4.69) is 0 Å². The Labute approximate surface area is 181 Å². The van der Waals surface area contributed by atoms with E-state index >= 15 is 0 Å². The third-order valence-electron chi connectivity index (χ3n) is 3.98. The number of rotatable bonds is 5. The Kier molecular flexibility index (Phi) is 9.30. The van der Waals surface area contributed by atoms with Gasteiger partial charge in [-0.3, -0.25) is 0 Å². The molecule has 0 unspecified atom stereocenters. The van der Waals surface area contributed by atoms with Gasteiger partial charge in [-0.2, -0.15) is 0 Å². The lowest BCUT2D eigenvalue weighted by Gasteiger charge is -2.03. The lowest BCUT2D eigenvalue weighted by atomic mass is 10.2. The van der Waals surface area contributed by atoms with Crippen LogP contribution in [0.25, 0.3) is 12.2 Å². The van der Waals surface area contributed by atoms with E-state index in [9.17, 15) is 14.7 Å². The average Bonchev–Trinajstić information content (AvgIpc) is 2.81. The second-order valence-electron chi connectivity index (χ2n) is 6.25. The highest BCUT2D eigenvalue weighted by molar-refractivity contribution is 6.01. The minimum Gasteiger partial charge on any atom is -0.504 e. The highest BCUT2D eigenvalue weighted by Gasteiger charge is 2.09. The van der Waals surface area contributed by atoms with Crippen LogP contribution in [0.2, 0.25) is 0 Å². The fraction of sp³-hybridized carbons (Fsp3) is 0.0769. The minimum absolute atomic E-state index is 0.172. The van der Waals surface area contributed by atoms with E-state index in [1.807, 2.05) is 55.5 Å². The summed E-state index contributed by atoms with van der Waals surface area (Å²) in [5.41, 5.74) is 2.24. The van der Waals surface area contributed by atoms with Gasteiger partial charge < -0.3 is 14.6 Å². The predicted molar refractivity (Wildman–Crippen MR) is 122 cm³/mol. The molecule has 0 heterocycles. The van der Waals surface area contributed by atoms with E-state index < -0.39 is 11.9 Å². The zero-order valence-corrected chi connectivity index (χ0v) is 17.4. The first kappa shape index (κ1) is 23.2. The molecule has 0 amide bonds. The number of methoxy groups -OCH3 is 1. The summed E-state index contributed by atoms with van der Waals surface area (Å²) in [5, 5.41) is 9.25. The number of hydrogen-bond donors (Lipinski definition) is 1. The molecule has 3 aromatic carbocycles. The van der Waals surface area contributed by atoms with Gasteiger partial charge in [0.15, 0.2) is 11.5 Å². The molecule has 3 rings (SSSR count). The molecular formula is C26H24O5. The summed E-state index contributed by atoms with van der Waals surface area (Å²) >= 11 is 0. The first-order valence-electron chi connectivity index (χ1n) is 9.57. The summed E-state index contributed by atoms with van der Waals surface area (Å²) < 4.78 is 9.64. The lowest BCUT2D eigenvalue weighted by molar-refractivity contribution is -0.132. The van der Waals surface area contributed by atoms with Crippen molar-refractivity contribution in [2.75, 3.05) is 7.11 Å². The summed E-state index contributed by atoms with van der Waals surface area (Å²) in [4.78, 5) is 23.1. The van der Waals surface area contributed by atoms with Crippen molar-refractivity contribution in [1.82, 2.24) is 0 Å². The molecule has 0 aliphatic carbocycles. The highest BCUT2D eigenvalue weighted by atomic mass is 16.6. The van der Waals surface area contributed by atoms with Gasteiger partial charge in [0, 0.05) is 6.08 Å². The van der Waals surface area contributed by atoms with E-state index in [0.29, 0.717) is 11.3 Å². The number of phenols is 1. The molecule has 31 heavy (non-hydrogen) atoms. The molecule has 0 radical (unpaired) electrons. The van der Waals surface area contributed by atoms with E-state index in [1.165, 1.54) is 13.2 Å². The van der Waals surface area contributed by atoms with Crippen LogP contribution in [0.3, 0.4) is 0 Å². The third kappa shape index (κ3) is 8.03. The van der Waals surface area contributed by atoms with Gasteiger partial charge in [0.1, 0.15) is 0 Å². The predicted octanol–water partition coefficient (Wildman–Crippen LogP) is 5.52. The van der Waals surface area contributed by atoms with Crippen molar-refractivity contribution in [2.45, 2.75) is 6.92 Å². The van der Waals surface area contributed by atoms with Crippen LogP contribution in [-0.2, 0) is 9.53 Å². The molecule has 0 saturated heterocycles. The Morgan fingerprint density at radius 1 is 0.839 bits per heavy atom. The minimum atomic E-state index is -0.683. The number of hydrogen-bond acceptors (Lipinski definition) is 5. The monoisotopic (exact) mass is 416 g/mol. The van der Waals surface area contributed by atoms with Crippen LogP contribution in [-0.4, -0.2) is 24.2 Å². The van der Waals surface area contributed by atoms with Crippen molar-refractivity contribution in [3.63, 3.8) is 0 Å². The molecule has 0 fully saturated rings. The van der Waals surface area contributed by atoms with Gasteiger partial charge in [0.25, 0.3) is 0 Å². The van der Waals surface area contributed by atoms with Gasteiger partial charge in [-0.15, -0.1) is 0 Å². The quantitative estimate of drug-likeness (QED) is 0.337. The molecular weight excluding hydrogens is 392 g/mol. The van der Waals surface area contributed by atoms with Gasteiger partial charge in [-0.05, 0) is 48.4 Å². The van der Waals surface area contributed by atoms with Gasteiger partial charge in [-0.1, -0.05) is 66.7 Å². The van der Waals surface area contributed by atoms with Gasteiger partial charge >= 0.3 is 11.9 Å². The molecule has 5 nitrogen and oxygen atoms in total. The maximum absolute atomic E-state index is 11.6. The molecule has 0 aliphatic rings. The van der Waals surface area contributed by atoms with Crippen molar-refractivity contribution < 1.29 is 24.2 Å². The molecule has 3 aromatic rings. The van der Waals surface area contributed by atoms with Crippen LogP contribution in [0.4, 0.5) is 0 Å². The third-order valence-corrected chi connectivity index (χ3v) is 3.98. The van der Waals surface area contributed by atoms with Crippen LogP contribution in [0.5, 0.6) is 11.5 Å². The van der Waals surface area contributed by atoms with E-state index in [1.54, 1.807) is 48.5 Å². The lowest BCUT2D eigenvalue weighted by Crippen LogP contribution is -2.09. The summed E-state index contributed by atoms with van der Waals surface area (Å²) in [6.45, 7) is 1.94. The maximum Gasteiger partial charge on any atom is 0.346 e. The Morgan fingerprint density at radius 3 is 2.10 bits per heavy atom. The Morgan fingerprint density at radius 2 is 1.48 bits per heavy atom. The van der Waals surface area contributed by atoms with Crippen LogP contribution < -0.4 is 4.74 Å². The summed E-state index contributed by atoms with van der Waals surface area (Å²) in [5.74, 6) is -0.655. The number of aromatic hydroxyl groups is 1. The number of esters is 2. The number of carbonyl (C=O) groups is 2. The first-order valence-corrected chi connectivity index (χ1v) is 9.57. The molecule has 0 spiro atoms. The first-order chi connectivity index (χ1) is 15.0. The molecule has 0 bridgehead atoms. The molecule has 0 aromatic heterocycles. The largest absolute Gasteiger partial charge is 0.504 e. The van der Waals surface area contributed by atoms with Crippen molar-refractivity contribution >= 4 is 24.1 Å². The second kappa shape index (κ2) is 12.4. The highest BCUT2D eigenvalue weighted by Crippen LogP contribution is 2.26. The van der Waals surface area contributed by atoms with Gasteiger partial charge in [0.05, 0.1) is 12.7 Å². The number of benzene rings is 3. The molecule has 158 valence electrons. The van der Waals surface area contributed by atoms with Gasteiger partial charge in [-0.25, -0.2) is 9.59 Å². The number of ether oxygens (including phenoxy) is 2. The Balaban J connectivity index is 0.000000245. The number of carbonyl (C=O) groups excluding carboxylic acids is 2. The van der Waals surface area contributed by atoms with E-state index in [-0.39, 0.29) is 5.75 Å². The van der Waals surface area contributed by atoms with E-state index in [0.717, 1.165) is 11.1 Å². The van der Waals surface area contributed by atoms with Crippen molar-refractivity contribution in [3.05, 3.63) is 108 Å². The van der Waals surface area contributed by atoms with Crippen molar-refractivity contribution in [2.24, 2.45) is 0 Å². The fourth-order valence-electron chi connectivity index (χ4n) is 2.48. The molecule has 0 saturated carbocycles. The van der Waals surface area contributed by atoms with Crippen LogP contribution in [0.1, 0.15) is 28.4 Å². The number of allylic oxidation sites excluding steroid dienone is 1. The standard InChI is InChI=1S/C16H12O3.C10H12O2/c17-15(12-11-13-7-3-1-4-8-13)19-16(18)14-9-5-2-6-10-14;1-3-4-8-5-6-9(11)10(7-8)12-2/h1-12H;3-7,11H,1-2H3. The molecule has 0 atom stereocenters. The Bertz CT molecular complexity index is 1040. The fourth-order valence-corrected chi connectivity index (χ4v) is 2.48. The topological polar surface area (TPSA) is 72.8 Å². The average molecular weight is 416 g/mol. The van der Waals surface area contributed by atoms with Crippen LogP contribution in [0, 0.1) is 0 Å². The molecule has 0 aliphatic heterocycles. The smallest absolute Gasteiger partial charge is 0.346 e. The zero-order valence-electron chi connectivity index (χ0n) is 17.4. The molecule has 1 N–H and O–H groups in total. The Hall–Kier alpha value is -4.12. The summed E-state index contributed by atoms with van der Waals surface area (Å²) in [6, 6.07) is 22.9. The van der Waals surface area contributed by atoms with Crippen molar-refractivity contribution in [1.29, 1.82) is 0 Å². The van der Waals surface area contributed by atoms with Crippen LogP contribution in [0.15, 0.2) is 91.0 Å². The summed E-state index contributed by atoms with van der Waals surface area (Å²) in [6.07, 6.45) is 6.71. The van der Waals surface area contributed by atoms with Gasteiger partial charge in [0.2, 0.25) is 0 Å². The zero-order chi connectivity index (χ0) is 22.5. The summed E-state index contributed by atoms with van der Waals surface area (Å²) in [7, 11) is 1.54. The second-order valence-corrected chi connectivity index (χ2v) is 6.25. The maximum atomic E-state index is 11.6. The van der Waals surface area contributed by atoms with E-state index in [4.69, 9.17) is 9.47 Å². The van der Waals surface area contributed by atoms with Crippen molar-refractivity contribution in [3.8, 4) is 11.5 Å². The normalized spacial score (nSPS) is 10.4. The van der Waals surface area contributed by atoms with Crippen LogP contribution >= 0.6 is 0 Å². The SMILES string of the molecule is CC=Cc1ccc(O)c(OC)c1.O=C(C=Cc1ccccc1)OC(=O)c1ccccc1.